The minimum absolute atomic E-state index is 0.298. The fourth-order valence-electron chi connectivity index (χ4n) is 0.754. The molecule has 1 rings (SSSR count). The van der Waals surface area contributed by atoms with Gasteiger partial charge in [-0.2, -0.15) is 0 Å². The number of aromatic nitrogens is 1. The van der Waals surface area contributed by atoms with Gasteiger partial charge >= 0.3 is 0 Å². The number of anilines is 1. The molecule has 3 nitrogen and oxygen atoms in total. The van der Waals surface area contributed by atoms with Crippen LogP contribution in [0.25, 0.3) is 0 Å². The molecular weight excluding hydrogens is 194 g/mol. The van der Waals surface area contributed by atoms with Crippen molar-refractivity contribution in [1.29, 1.82) is 0 Å². The number of likely N-dealkylation sites (N-methyl/N-ethyl adjacent to an activating group) is 1. The van der Waals surface area contributed by atoms with Gasteiger partial charge in [0, 0.05) is 25.0 Å². The number of nitrogens with zero attached hydrogens (tertiary/aromatic N) is 2. The topological polar surface area (TPSA) is 42.1 Å². The first-order valence-electron chi connectivity index (χ1n) is 3.69. The van der Waals surface area contributed by atoms with Crippen molar-refractivity contribution >= 4 is 28.1 Å². The molecule has 0 fully saturated rings. The molecule has 0 aliphatic rings. The van der Waals surface area contributed by atoms with Crippen molar-refractivity contribution in [3.63, 3.8) is 0 Å². The SMILES string of the molecule is CC(CN)N(C)c1nc(Cl)cs1. The van der Waals surface area contributed by atoms with Gasteiger partial charge in [-0.25, -0.2) is 4.98 Å². The first-order chi connectivity index (χ1) is 5.65. The van der Waals surface area contributed by atoms with E-state index in [9.17, 15) is 0 Å². The molecular formula is C7H12ClN3S. The van der Waals surface area contributed by atoms with Crippen molar-refractivity contribution in [2.75, 3.05) is 18.5 Å². The summed E-state index contributed by atoms with van der Waals surface area (Å²) < 4.78 is 0. The lowest BCUT2D eigenvalue weighted by Gasteiger charge is -2.22. The second-order valence-corrected chi connectivity index (χ2v) is 3.87. The van der Waals surface area contributed by atoms with Crippen LogP contribution in [0.3, 0.4) is 0 Å². The number of hydrogen-bond acceptors (Lipinski definition) is 4. The van der Waals surface area contributed by atoms with Crippen LogP contribution in [-0.4, -0.2) is 24.6 Å². The molecule has 0 aliphatic heterocycles. The molecule has 0 radical (unpaired) electrons. The zero-order valence-corrected chi connectivity index (χ0v) is 8.69. The summed E-state index contributed by atoms with van der Waals surface area (Å²) in [6.07, 6.45) is 0. The summed E-state index contributed by atoms with van der Waals surface area (Å²) >= 11 is 7.22. The highest BCUT2D eigenvalue weighted by molar-refractivity contribution is 7.14. The van der Waals surface area contributed by atoms with Crippen LogP contribution in [0.1, 0.15) is 6.92 Å². The van der Waals surface area contributed by atoms with E-state index < -0.39 is 0 Å². The van der Waals surface area contributed by atoms with E-state index in [1.165, 1.54) is 11.3 Å². The van der Waals surface area contributed by atoms with Gasteiger partial charge in [0.15, 0.2) is 5.13 Å². The van der Waals surface area contributed by atoms with Crippen molar-refractivity contribution in [3.05, 3.63) is 10.5 Å². The molecule has 0 saturated carbocycles. The van der Waals surface area contributed by atoms with Gasteiger partial charge < -0.3 is 10.6 Å². The smallest absolute Gasteiger partial charge is 0.186 e. The Morgan fingerprint density at radius 1 is 1.83 bits per heavy atom. The molecule has 1 atom stereocenters. The molecule has 1 aromatic heterocycles. The van der Waals surface area contributed by atoms with Gasteiger partial charge in [0.2, 0.25) is 0 Å². The Hall–Kier alpha value is -0.320. The highest BCUT2D eigenvalue weighted by atomic mass is 35.5. The number of nitrogens with two attached hydrogens (primary N) is 1. The Labute approximate surface area is 81.2 Å². The van der Waals surface area contributed by atoms with Gasteiger partial charge in [-0.05, 0) is 6.92 Å². The van der Waals surface area contributed by atoms with Gasteiger partial charge in [0.25, 0.3) is 0 Å². The lowest BCUT2D eigenvalue weighted by Crippen LogP contribution is -2.35. The number of thiazole rings is 1. The third-order valence-corrected chi connectivity index (χ3v) is 3.02. The quantitative estimate of drug-likeness (QED) is 0.815. The van der Waals surface area contributed by atoms with E-state index in [1.54, 1.807) is 0 Å². The second-order valence-electron chi connectivity index (χ2n) is 2.65. The Morgan fingerprint density at radius 3 is 2.92 bits per heavy atom. The maximum absolute atomic E-state index is 5.69. The fraction of sp³-hybridized carbons (Fsp3) is 0.571. The van der Waals surface area contributed by atoms with E-state index in [2.05, 4.69) is 11.9 Å². The van der Waals surface area contributed by atoms with Crippen LogP contribution in [0.2, 0.25) is 5.15 Å². The average molecular weight is 206 g/mol. The van der Waals surface area contributed by atoms with E-state index in [0.29, 0.717) is 17.7 Å². The Morgan fingerprint density at radius 2 is 2.50 bits per heavy atom. The van der Waals surface area contributed by atoms with E-state index in [4.69, 9.17) is 17.3 Å². The van der Waals surface area contributed by atoms with Crippen LogP contribution < -0.4 is 10.6 Å². The van der Waals surface area contributed by atoms with Gasteiger partial charge in [-0.3, -0.25) is 0 Å². The summed E-state index contributed by atoms with van der Waals surface area (Å²) in [6.45, 7) is 2.67. The number of halogens is 1. The summed E-state index contributed by atoms with van der Waals surface area (Å²) in [7, 11) is 1.96. The molecule has 1 aromatic rings. The number of rotatable bonds is 3. The van der Waals surface area contributed by atoms with Crippen molar-refractivity contribution in [1.82, 2.24) is 4.98 Å². The van der Waals surface area contributed by atoms with Crippen molar-refractivity contribution in [3.8, 4) is 0 Å². The molecule has 5 heteroatoms. The molecule has 0 bridgehead atoms. The molecule has 0 aliphatic carbocycles. The van der Waals surface area contributed by atoms with E-state index in [1.807, 2.05) is 17.3 Å². The second kappa shape index (κ2) is 4.07. The minimum Gasteiger partial charge on any atom is -0.347 e. The third-order valence-electron chi connectivity index (χ3n) is 1.77. The van der Waals surface area contributed by atoms with E-state index in [-0.39, 0.29) is 0 Å². The largest absolute Gasteiger partial charge is 0.347 e. The standard InChI is InChI=1S/C7H12ClN3S/c1-5(3-9)11(2)7-10-6(8)4-12-7/h4-5H,3,9H2,1-2H3. The Kier molecular flexibility index (Phi) is 3.31. The molecule has 12 heavy (non-hydrogen) atoms. The molecule has 1 heterocycles. The van der Waals surface area contributed by atoms with Gasteiger partial charge in [0.1, 0.15) is 5.15 Å². The Bertz CT molecular complexity index is 251. The maximum Gasteiger partial charge on any atom is 0.186 e. The van der Waals surface area contributed by atoms with E-state index in [0.717, 1.165) is 5.13 Å². The molecule has 0 spiro atoms. The van der Waals surface area contributed by atoms with Crippen LogP contribution in [-0.2, 0) is 0 Å². The predicted octanol–water partition coefficient (Wildman–Crippen LogP) is 1.58. The minimum atomic E-state index is 0.298. The third kappa shape index (κ3) is 2.09. The lowest BCUT2D eigenvalue weighted by atomic mass is 10.3. The summed E-state index contributed by atoms with van der Waals surface area (Å²) in [4.78, 5) is 6.16. The van der Waals surface area contributed by atoms with Crippen molar-refractivity contribution < 1.29 is 0 Å². The van der Waals surface area contributed by atoms with Crippen LogP contribution in [0.15, 0.2) is 5.38 Å². The van der Waals surface area contributed by atoms with Gasteiger partial charge in [0.05, 0.1) is 0 Å². The molecule has 68 valence electrons. The Balaban J connectivity index is 2.70. The van der Waals surface area contributed by atoms with Crippen LogP contribution in [0, 0.1) is 0 Å². The summed E-state index contributed by atoms with van der Waals surface area (Å²) in [5.41, 5.74) is 5.52. The summed E-state index contributed by atoms with van der Waals surface area (Å²) in [6, 6.07) is 0.298. The predicted molar refractivity (Wildman–Crippen MR) is 54.0 cm³/mol. The molecule has 2 N–H and O–H groups in total. The zero-order chi connectivity index (χ0) is 9.14. The summed E-state index contributed by atoms with van der Waals surface area (Å²) in [5, 5.41) is 3.28. The first-order valence-corrected chi connectivity index (χ1v) is 4.95. The molecule has 0 aromatic carbocycles. The average Bonchev–Trinajstić information content (AvgIpc) is 2.49. The van der Waals surface area contributed by atoms with Gasteiger partial charge in [-0.1, -0.05) is 11.6 Å². The fourth-order valence-corrected chi connectivity index (χ4v) is 1.77. The van der Waals surface area contributed by atoms with Crippen LogP contribution >= 0.6 is 22.9 Å². The molecule has 0 amide bonds. The molecule has 1 unspecified atom stereocenters. The van der Waals surface area contributed by atoms with E-state index >= 15 is 0 Å². The lowest BCUT2D eigenvalue weighted by molar-refractivity contribution is 0.693. The monoisotopic (exact) mass is 205 g/mol. The highest BCUT2D eigenvalue weighted by Crippen LogP contribution is 2.23. The summed E-state index contributed by atoms with van der Waals surface area (Å²) in [5.74, 6) is 0. The number of hydrogen-bond donors (Lipinski definition) is 1. The van der Waals surface area contributed by atoms with Gasteiger partial charge in [-0.15, -0.1) is 11.3 Å². The van der Waals surface area contributed by atoms with Crippen LogP contribution in [0.5, 0.6) is 0 Å². The maximum atomic E-state index is 5.69. The van der Waals surface area contributed by atoms with Crippen molar-refractivity contribution in [2.45, 2.75) is 13.0 Å². The van der Waals surface area contributed by atoms with Crippen LogP contribution in [0.4, 0.5) is 5.13 Å². The first kappa shape index (κ1) is 9.77. The normalized spacial score (nSPS) is 13.0. The zero-order valence-electron chi connectivity index (χ0n) is 7.12. The highest BCUT2D eigenvalue weighted by Gasteiger charge is 2.10. The van der Waals surface area contributed by atoms with Crippen molar-refractivity contribution in [2.24, 2.45) is 5.73 Å². The molecule has 0 saturated heterocycles.